The van der Waals surface area contributed by atoms with E-state index in [1.807, 2.05) is 0 Å². The van der Waals surface area contributed by atoms with E-state index in [0.717, 1.165) is 0 Å². The minimum absolute atomic E-state index is 0. The zero-order valence-corrected chi connectivity index (χ0v) is 10.3. The second-order valence-electron chi connectivity index (χ2n) is 0. The van der Waals surface area contributed by atoms with E-state index in [-0.39, 0.29) is 62.0 Å². The Balaban J connectivity index is -0.000000000833. The van der Waals surface area contributed by atoms with Crippen LogP contribution in [0.15, 0.2) is 0 Å². The first kappa shape index (κ1) is 36.3. The van der Waals surface area contributed by atoms with E-state index >= 15 is 0 Å². The molecule has 6 heteroatoms. The normalized spacial score (nSPS) is 0.833. The van der Waals surface area contributed by atoms with E-state index in [2.05, 4.69) is 13.4 Å². The topological polar surface area (TPSA) is 0 Å². The summed E-state index contributed by atoms with van der Waals surface area (Å²) in [7, 11) is 0. The zero-order valence-electron chi connectivity index (χ0n) is 2.15. The second-order valence-corrected chi connectivity index (χ2v) is 0. The molecule has 0 spiro atoms. The number of rotatable bonds is 0. The fourth-order valence-electron chi connectivity index (χ4n) is 0. The molecule has 0 saturated heterocycles. The number of hydrogen-bond acceptors (Lipinski definition) is 0. The Morgan fingerprint density at radius 1 is 1.17 bits per heavy atom. The van der Waals surface area contributed by atoms with Crippen LogP contribution in [0.25, 0.3) is 0 Å². The monoisotopic (exact) mass is 350 g/mol. The van der Waals surface area contributed by atoms with E-state index in [1.54, 1.807) is 17.7 Å². The molecule has 6 heavy (non-hydrogen) atoms. The van der Waals surface area contributed by atoms with Crippen molar-refractivity contribution in [2.75, 3.05) is 0 Å². The minimum Gasteiger partial charge on any atom is 0 e. The zero-order chi connectivity index (χ0) is 2.00. The maximum atomic E-state index is 2.95. The van der Waals surface area contributed by atoms with Crippen LogP contribution in [0, 0.1) is 0 Å². The summed E-state index contributed by atoms with van der Waals surface area (Å²) < 4.78 is 0. The van der Waals surface area contributed by atoms with Gasteiger partial charge < -0.3 is 0 Å². The van der Waals surface area contributed by atoms with Gasteiger partial charge in [0.15, 0.2) is 0 Å². The average molecular weight is 349 g/mol. The van der Waals surface area contributed by atoms with Gasteiger partial charge in [-0.25, -0.2) is 0 Å². The van der Waals surface area contributed by atoms with Crippen molar-refractivity contribution in [3.05, 3.63) is 0 Å². The molecule has 0 aromatic carbocycles. The fraction of sp³-hybridized carbons (Fsp3) is 0. The molecular formula is H3BCuFeMnMoZn. The van der Waals surface area contributed by atoms with Crippen LogP contribution in [0.3, 0.4) is 0 Å². The number of hydrogen-bond donors (Lipinski definition) is 0. The van der Waals surface area contributed by atoms with Gasteiger partial charge in [-0.1, -0.05) is 0 Å². The van der Waals surface area contributed by atoms with E-state index in [0.29, 0.717) is 0 Å². The van der Waals surface area contributed by atoms with E-state index < -0.39 is 0 Å². The Morgan fingerprint density at radius 2 is 1.17 bits per heavy atom. The first-order valence-corrected chi connectivity index (χ1v) is 3.76. The summed E-state index contributed by atoms with van der Waals surface area (Å²) in [5.74, 6) is 0. The minimum atomic E-state index is 0. The fourth-order valence-corrected chi connectivity index (χ4v) is 0. The summed E-state index contributed by atoms with van der Waals surface area (Å²) in [6, 6.07) is 0. The van der Waals surface area contributed by atoms with Crippen LogP contribution in [-0.2, 0) is 84.7 Å². The van der Waals surface area contributed by atoms with Crippen molar-refractivity contribution in [2.24, 2.45) is 0 Å². The maximum absolute atomic E-state index is 2.95. The molecule has 0 aliphatic rings. The molecule has 1 radical (unpaired) electrons. The van der Waals surface area contributed by atoms with Gasteiger partial charge in [-0.15, -0.1) is 0 Å². The summed E-state index contributed by atoms with van der Waals surface area (Å²) in [5, 5.41) is 0. The SMILES string of the molecule is B.[Cu].[Fe].[Mn][Mo].[Zn]. The molecule has 0 nitrogen and oxygen atoms in total. The molecule has 0 amide bonds. The van der Waals surface area contributed by atoms with Crippen molar-refractivity contribution in [1.82, 2.24) is 0 Å². The summed E-state index contributed by atoms with van der Waals surface area (Å²) in [6.45, 7) is 0. The quantitative estimate of drug-likeness (QED) is 0.482. The average Bonchev–Trinajstić information content (AvgIpc) is 1.00. The molecule has 0 unspecified atom stereocenters. The molecule has 40 valence electrons. The van der Waals surface area contributed by atoms with Gasteiger partial charge in [0.25, 0.3) is 0 Å². The molecular weight excluding hydrogens is 346 g/mol. The van der Waals surface area contributed by atoms with Crippen LogP contribution >= 0.6 is 0 Å². The molecule has 0 atom stereocenters. The van der Waals surface area contributed by atoms with Crippen LogP contribution in [0.1, 0.15) is 0 Å². The van der Waals surface area contributed by atoms with Crippen LogP contribution in [0.2, 0.25) is 0 Å². The van der Waals surface area contributed by atoms with Crippen molar-refractivity contribution in [2.45, 2.75) is 0 Å². The van der Waals surface area contributed by atoms with E-state index in [1.165, 1.54) is 0 Å². The smallest absolute Gasteiger partial charge is 0 e. The van der Waals surface area contributed by atoms with Crippen molar-refractivity contribution >= 4 is 8.41 Å². The summed E-state index contributed by atoms with van der Waals surface area (Å²) in [4.78, 5) is 0. The molecule has 0 rings (SSSR count). The van der Waals surface area contributed by atoms with Gasteiger partial charge in [0.2, 0.25) is 0 Å². The van der Waals surface area contributed by atoms with Crippen molar-refractivity contribution in [3.63, 3.8) is 0 Å². The van der Waals surface area contributed by atoms with Crippen LogP contribution in [0.5, 0.6) is 0 Å². The summed E-state index contributed by atoms with van der Waals surface area (Å²) in [5.41, 5.74) is 0. The van der Waals surface area contributed by atoms with Crippen LogP contribution in [0.4, 0.5) is 0 Å². The third-order valence-electron chi connectivity index (χ3n) is 0. The Kier molecular flexibility index (Phi) is 268. The molecule has 0 aromatic rings. The largest absolute Gasteiger partial charge is 0 e. The first-order valence-electron chi connectivity index (χ1n) is 0.154. The van der Waals surface area contributed by atoms with Crippen molar-refractivity contribution in [1.29, 1.82) is 0 Å². The van der Waals surface area contributed by atoms with Crippen molar-refractivity contribution in [3.8, 4) is 0 Å². The Labute approximate surface area is 91.7 Å². The molecule has 0 fully saturated rings. The van der Waals surface area contributed by atoms with Crippen LogP contribution < -0.4 is 0 Å². The van der Waals surface area contributed by atoms with Gasteiger partial charge in [-0.05, 0) is 0 Å². The molecule has 0 bridgehead atoms. The molecule has 0 heterocycles. The van der Waals surface area contributed by atoms with Gasteiger partial charge in [0, 0.05) is 53.6 Å². The van der Waals surface area contributed by atoms with Crippen LogP contribution in [-0.4, -0.2) is 8.41 Å². The molecule has 0 aliphatic heterocycles. The molecule has 0 saturated carbocycles. The summed E-state index contributed by atoms with van der Waals surface area (Å²) >= 11 is 4.71. The van der Waals surface area contributed by atoms with Gasteiger partial charge >= 0.3 is 31.1 Å². The third-order valence-corrected chi connectivity index (χ3v) is 0. The van der Waals surface area contributed by atoms with E-state index in [4.69, 9.17) is 0 Å². The summed E-state index contributed by atoms with van der Waals surface area (Å²) in [6.07, 6.45) is 0. The molecule has 0 N–H and O–H groups in total. The molecule has 0 aliphatic carbocycles. The molecule has 0 aromatic heterocycles. The van der Waals surface area contributed by atoms with Gasteiger partial charge in [-0.2, -0.15) is 0 Å². The first-order chi connectivity index (χ1) is 1.00. The standard InChI is InChI=1S/BH3.Cu.Fe.Mn.Mo.Zn/h1H3;;;;;. The van der Waals surface area contributed by atoms with Crippen molar-refractivity contribution < 1.29 is 84.7 Å². The van der Waals surface area contributed by atoms with Gasteiger partial charge in [0.05, 0.1) is 8.41 Å². The second kappa shape index (κ2) is 44.3. The van der Waals surface area contributed by atoms with Gasteiger partial charge in [-0.3, -0.25) is 0 Å². The van der Waals surface area contributed by atoms with E-state index in [9.17, 15) is 0 Å². The Hall–Kier alpha value is 2.94. The van der Waals surface area contributed by atoms with Gasteiger partial charge in [0.1, 0.15) is 0 Å². The Bertz CT molecular complexity index is 15.5. The predicted octanol–water partition coefficient (Wildman–Crippen LogP) is -1.20. The maximum Gasteiger partial charge on any atom is 0 e. The predicted molar refractivity (Wildman–Crippen MR) is 9.94 cm³/mol. The third kappa shape index (κ3) is 28.4. The Morgan fingerprint density at radius 3 is 1.17 bits per heavy atom.